The predicted molar refractivity (Wildman–Crippen MR) is 89.1 cm³/mol. The Morgan fingerprint density at radius 2 is 2.13 bits per heavy atom. The van der Waals surface area contributed by atoms with Crippen LogP contribution in [0.3, 0.4) is 0 Å². The molecule has 6 heteroatoms. The van der Waals surface area contributed by atoms with Crippen LogP contribution >= 0.6 is 11.6 Å². The van der Waals surface area contributed by atoms with Crippen LogP contribution in [0, 0.1) is 5.82 Å². The van der Waals surface area contributed by atoms with E-state index in [-0.39, 0.29) is 11.1 Å². The van der Waals surface area contributed by atoms with Gasteiger partial charge < -0.3 is 15.0 Å². The summed E-state index contributed by atoms with van der Waals surface area (Å²) in [5.41, 5.74) is 0.425. The van der Waals surface area contributed by atoms with Gasteiger partial charge in [0.15, 0.2) is 0 Å². The molecule has 4 nitrogen and oxygen atoms in total. The lowest BCUT2D eigenvalue weighted by Gasteiger charge is -2.27. The van der Waals surface area contributed by atoms with Crippen LogP contribution in [0.4, 0.5) is 9.18 Å². The summed E-state index contributed by atoms with van der Waals surface area (Å²) in [7, 11) is 0. The molecule has 0 spiro atoms. The SMILES string of the molecule is CC(C)(C)OC(=O)N(CCNCc1ccc(F)c(Cl)c1)C1CC1. The second-order valence-electron chi connectivity index (χ2n) is 6.83. The van der Waals surface area contributed by atoms with E-state index in [0.717, 1.165) is 18.4 Å². The number of hydrogen-bond acceptors (Lipinski definition) is 3. The molecular weight excluding hydrogens is 319 g/mol. The van der Waals surface area contributed by atoms with E-state index >= 15 is 0 Å². The van der Waals surface area contributed by atoms with E-state index in [0.29, 0.717) is 25.7 Å². The maximum atomic E-state index is 13.1. The first-order chi connectivity index (χ1) is 10.8. The summed E-state index contributed by atoms with van der Waals surface area (Å²) in [6, 6.07) is 4.96. The Labute approximate surface area is 141 Å². The van der Waals surface area contributed by atoms with Crippen LogP contribution in [0.25, 0.3) is 0 Å². The van der Waals surface area contributed by atoms with Gasteiger partial charge in [-0.05, 0) is 51.3 Å². The molecule has 1 N–H and O–H groups in total. The first kappa shape index (κ1) is 18.0. The third-order valence-corrected chi connectivity index (χ3v) is 3.75. The van der Waals surface area contributed by atoms with E-state index in [2.05, 4.69) is 5.32 Å². The fourth-order valence-corrected chi connectivity index (χ4v) is 2.41. The number of nitrogens with one attached hydrogen (secondary N) is 1. The highest BCUT2D eigenvalue weighted by Gasteiger charge is 2.34. The fourth-order valence-electron chi connectivity index (χ4n) is 2.21. The largest absolute Gasteiger partial charge is 0.444 e. The normalized spacial score (nSPS) is 14.7. The molecule has 2 rings (SSSR count). The van der Waals surface area contributed by atoms with Crippen molar-refractivity contribution in [2.75, 3.05) is 13.1 Å². The second-order valence-corrected chi connectivity index (χ2v) is 7.24. The molecule has 1 saturated carbocycles. The van der Waals surface area contributed by atoms with E-state index < -0.39 is 11.4 Å². The summed E-state index contributed by atoms with van der Waals surface area (Å²) >= 11 is 5.76. The van der Waals surface area contributed by atoms with Crippen molar-refractivity contribution in [3.05, 3.63) is 34.6 Å². The molecule has 23 heavy (non-hydrogen) atoms. The van der Waals surface area contributed by atoms with Gasteiger partial charge in [0.25, 0.3) is 0 Å². The Kier molecular flexibility index (Phi) is 5.87. The van der Waals surface area contributed by atoms with Crippen molar-refractivity contribution in [1.82, 2.24) is 10.2 Å². The Balaban J connectivity index is 1.78. The predicted octanol–water partition coefficient (Wildman–Crippen LogP) is 3.97. The lowest BCUT2D eigenvalue weighted by Crippen LogP contribution is -2.41. The van der Waals surface area contributed by atoms with Gasteiger partial charge in [-0.3, -0.25) is 0 Å². The molecule has 128 valence electrons. The number of carbonyl (C=O) groups excluding carboxylic acids is 1. The van der Waals surface area contributed by atoms with Crippen molar-refractivity contribution in [3.63, 3.8) is 0 Å². The molecule has 0 radical (unpaired) electrons. The topological polar surface area (TPSA) is 41.6 Å². The molecule has 0 bridgehead atoms. The number of nitrogens with zero attached hydrogens (tertiary/aromatic N) is 1. The summed E-state index contributed by atoms with van der Waals surface area (Å²) in [6.45, 7) is 7.41. The second kappa shape index (κ2) is 7.49. The first-order valence-electron chi connectivity index (χ1n) is 7.90. The molecule has 0 aromatic heterocycles. The highest BCUT2D eigenvalue weighted by Crippen LogP contribution is 2.28. The minimum Gasteiger partial charge on any atom is -0.444 e. The van der Waals surface area contributed by atoms with Crippen LogP contribution in [-0.4, -0.2) is 35.7 Å². The van der Waals surface area contributed by atoms with Gasteiger partial charge in [0, 0.05) is 25.7 Å². The van der Waals surface area contributed by atoms with Crippen LogP contribution in [0.1, 0.15) is 39.2 Å². The Hall–Kier alpha value is -1.33. The fraction of sp³-hybridized carbons (Fsp3) is 0.588. The van der Waals surface area contributed by atoms with Crippen LogP contribution in [0.15, 0.2) is 18.2 Å². The van der Waals surface area contributed by atoms with Gasteiger partial charge in [-0.15, -0.1) is 0 Å². The van der Waals surface area contributed by atoms with Crippen LogP contribution in [0.5, 0.6) is 0 Å². The van der Waals surface area contributed by atoms with Crippen molar-refractivity contribution in [2.45, 2.75) is 51.8 Å². The maximum absolute atomic E-state index is 13.1. The number of rotatable bonds is 6. The minimum atomic E-state index is -0.484. The maximum Gasteiger partial charge on any atom is 0.410 e. The molecule has 1 aromatic rings. The number of amides is 1. The first-order valence-corrected chi connectivity index (χ1v) is 8.28. The van der Waals surface area contributed by atoms with Gasteiger partial charge in [0.2, 0.25) is 0 Å². The zero-order valence-corrected chi connectivity index (χ0v) is 14.6. The van der Waals surface area contributed by atoms with E-state index in [1.165, 1.54) is 6.07 Å². The minimum absolute atomic E-state index is 0.123. The molecule has 0 unspecified atom stereocenters. The van der Waals surface area contributed by atoms with Crippen LogP contribution < -0.4 is 5.32 Å². The van der Waals surface area contributed by atoms with Crippen LogP contribution in [0.2, 0.25) is 5.02 Å². The lowest BCUT2D eigenvalue weighted by molar-refractivity contribution is 0.0236. The van der Waals surface area contributed by atoms with E-state index in [1.54, 1.807) is 17.0 Å². The molecule has 1 amide bonds. The summed E-state index contributed by atoms with van der Waals surface area (Å²) in [6.07, 6.45) is 1.81. The zero-order valence-electron chi connectivity index (χ0n) is 13.9. The Morgan fingerprint density at radius 1 is 1.43 bits per heavy atom. The third kappa shape index (κ3) is 5.99. The summed E-state index contributed by atoms with van der Waals surface area (Å²) in [5, 5.41) is 3.37. The molecule has 1 aliphatic carbocycles. The number of carbonyl (C=O) groups is 1. The molecule has 1 aromatic carbocycles. The number of halogens is 2. The molecule has 0 aliphatic heterocycles. The highest BCUT2D eigenvalue weighted by molar-refractivity contribution is 6.30. The van der Waals surface area contributed by atoms with E-state index in [1.807, 2.05) is 20.8 Å². The number of benzene rings is 1. The van der Waals surface area contributed by atoms with Gasteiger partial charge in [-0.1, -0.05) is 17.7 Å². The molecule has 0 atom stereocenters. The summed E-state index contributed by atoms with van der Waals surface area (Å²) < 4.78 is 18.5. The van der Waals surface area contributed by atoms with Gasteiger partial charge >= 0.3 is 6.09 Å². The monoisotopic (exact) mass is 342 g/mol. The standard InChI is InChI=1S/C17H24ClFN2O2/c1-17(2,3)23-16(22)21(13-5-6-13)9-8-20-11-12-4-7-15(19)14(18)10-12/h4,7,10,13,20H,5-6,8-9,11H2,1-3H3. The van der Waals surface area contributed by atoms with Crippen molar-refractivity contribution >= 4 is 17.7 Å². The van der Waals surface area contributed by atoms with Gasteiger partial charge in [-0.2, -0.15) is 0 Å². The molecular formula is C17H24ClFN2O2. The van der Waals surface area contributed by atoms with Gasteiger partial charge in [0.1, 0.15) is 11.4 Å². The highest BCUT2D eigenvalue weighted by atomic mass is 35.5. The van der Waals surface area contributed by atoms with Gasteiger partial charge in [-0.25, -0.2) is 9.18 Å². The molecule has 1 fully saturated rings. The number of ether oxygens (including phenoxy) is 1. The van der Waals surface area contributed by atoms with Gasteiger partial charge in [0.05, 0.1) is 5.02 Å². The average molecular weight is 343 g/mol. The summed E-state index contributed by atoms with van der Waals surface area (Å²) in [4.78, 5) is 14.0. The lowest BCUT2D eigenvalue weighted by atomic mass is 10.2. The molecule has 0 heterocycles. The Morgan fingerprint density at radius 3 is 2.70 bits per heavy atom. The van der Waals surface area contributed by atoms with Crippen molar-refractivity contribution < 1.29 is 13.9 Å². The van der Waals surface area contributed by atoms with Crippen LogP contribution in [-0.2, 0) is 11.3 Å². The van der Waals surface area contributed by atoms with Crippen molar-refractivity contribution in [3.8, 4) is 0 Å². The Bertz CT molecular complexity index is 556. The third-order valence-electron chi connectivity index (χ3n) is 3.46. The van der Waals surface area contributed by atoms with Crippen molar-refractivity contribution in [1.29, 1.82) is 0 Å². The smallest absolute Gasteiger partial charge is 0.410 e. The van der Waals surface area contributed by atoms with E-state index in [9.17, 15) is 9.18 Å². The molecule has 0 saturated heterocycles. The summed E-state index contributed by atoms with van der Waals surface area (Å²) in [5.74, 6) is -0.416. The zero-order chi connectivity index (χ0) is 17.0. The average Bonchev–Trinajstić information content (AvgIpc) is 3.25. The number of hydrogen-bond donors (Lipinski definition) is 1. The van der Waals surface area contributed by atoms with E-state index in [4.69, 9.17) is 16.3 Å². The van der Waals surface area contributed by atoms with Crippen molar-refractivity contribution in [2.24, 2.45) is 0 Å². The quantitative estimate of drug-likeness (QED) is 0.795. The molecule has 1 aliphatic rings.